The molecule has 6 heterocycles. The minimum Gasteiger partial charge on any atom is -0.256 e. The number of benzene rings is 8. The molecule has 6 aromatic heterocycles. The fourth-order valence-electron chi connectivity index (χ4n) is 13.5. The quantitative estimate of drug-likeness (QED) is 0.141. The van der Waals surface area contributed by atoms with Crippen LogP contribution in [0, 0.1) is 41.5 Å². The normalized spacial score (nSPS) is 12.6. The van der Waals surface area contributed by atoms with Gasteiger partial charge in [-0.3, -0.25) is 19.9 Å². The van der Waals surface area contributed by atoms with E-state index in [9.17, 15) is 0 Å². The van der Waals surface area contributed by atoms with Crippen LogP contribution < -0.4 is 0 Å². The molecular weight excluding hydrogens is 1010 g/mol. The van der Waals surface area contributed by atoms with Gasteiger partial charge in [0.05, 0.1) is 50.3 Å². The smallest absolute Gasteiger partial charge is 0.0978 e. The van der Waals surface area contributed by atoms with Crippen LogP contribution in [0.5, 0.6) is 0 Å². The molecule has 83 heavy (non-hydrogen) atoms. The van der Waals surface area contributed by atoms with Crippen LogP contribution in [0.4, 0.5) is 0 Å². The lowest BCUT2D eigenvalue weighted by molar-refractivity contribution is 0.754. The van der Waals surface area contributed by atoms with Crippen LogP contribution >= 0.6 is 0 Å². The van der Waals surface area contributed by atoms with Crippen molar-refractivity contribution in [3.8, 4) is 78.4 Å². The van der Waals surface area contributed by atoms with Gasteiger partial charge in [0.1, 0.15) is 0 Å². The second-order valence-electron chi connectivity index (χ2n) is 22.5. The van der Waals surface area contributed by atoms with Gasteiger partial charge >= 0.3 is 0 Å². The summed E-state index contributed by atoms with van der Waals surface area (Å²) in [6.45, 7) is 13.0. The van der Waals surface area contributed by atoms with Crippen molar-refractivity contribution in [2.75, 3.05) is 0 Å². The molecule has 14 aromatic rings. The predicted molar refractivity (Wildman–Crippen MR) is 342 cm³/mol. The lowest BCUT2D eigenvalue weighted by Gasteiger charge is -2.37. The van der Waals surface area contributed by atoms with Crippen LogP contribution in [0.25, 0.3) is 122 Å². The summed E-state index contributed by atoms with van der Waals surface area (Å²) in [5, 5.41) is 4.37. The zero-order valence-electron chi connectivity index (χ0n) is 47.1. The Labute approximate surface area is 483 Å². The van der Waals surface area contributed by atoms with E-state index in [4.69, 9.17) is 29.9 Å². The molecule has 1 aliphatic rings. The van der Waals surface area contributed by atoms with Crippen molar-refractivity contribution < 1.29 is 0 Å². The van der Waals surface area contributed by atoms with E-state index in [-0.39, 0.29) is 0 Å². The van der Waals surface area contributed by atoms with E-state index < -0.39 is 5.41 Å². The van der Waals surface area contributed by atoms with Crippen LogP contribution in [-0.4, -0.2) is 29.9 Å². The average molecular weight is 1070 g/mol. The molecule has 1 aliphatic carbocycles. The summed E-state index contributed by atoms with van der Waals surface area (Å²) in [6.07, 6.45) is 3.76. The summed E-state index contributed by atoms with van der Waals surface area (Å²) in [5.74, 6) is 0. The maximum Gasteiger partial charge on any atom is 0.0978 e. The molecule has 0 saturated carbocycles. The molecule has 0 bridgehead atoms. The largest absolute Gasteiger partial charge is 0.256 e. The molecule has 6 nitrogen and oxygen atoms in total. The van der Waals surface area contributed by atoms with E-state index in [0.29, 0.717) is 0 Å². The summed E-state index contributed by atoms with van der Waals surface area (Å²) >= 11 is 0. The highest BCUT2D eigenvalue weighted by atomic mass is 14.8. The molecule has 6 heteroatoms. The van der Waals surface area contributed by atoms with Gasteiger partial charge < -0.3 is 0 Å². The first-order valence-corrected chi connectivity index (χ1v) is 28.5. The Bertz CT molecular complexity index is 4640. The van der Waals surface area contributed by atoms with Crippen LogP contribution in [0.2, 0.25) is 0 Å². The number of pyridine rings is 6. The lowest BCUT2D eigenvalue weighted by atomic mass is 9.64. The zero-order chi connectivity index (χ0) is 56.1. The molecule has 0 radical (unpaired) electrons. The highest BCUT2D eigenvalue weighted by Crippen LogP contribution is 2.59. The van der Waals surface area contributed by atoms with Crippen molar-refractivity contribution in [3.05, 3.63) is 287 Å². The third-order valence-electron chi connectivity index (χ3n) is 17.3. The van der Waals surface area contributed by atoms with Gasteiger partial charge in [-0.25, -0.2) is 9.97 Å². The van der Waals surface area contributed by atoms with Gasteiger partial charge in [0.15, 0.2) is 0 Å². The molecule has 0 amide bonds. The first-order chi connectivity index (χ1) is 40.6. The van der Waals surface area contributed by atoms with E-state index in [1.807, 2.05) is 24.5 Å². The molecule has 8 aromatic carbocycles. The Kier molecular flexibility index (Phi) is 11.7. The maximum absolute atomic E-state index is 5.58. The Morgan fingerprint density at radius 3 is 1.05 bits per heavy atom. The first-order valence-electron chi connectivity index (χ1n) is 28.5. The summed E-state index contributed by atoms with van der Waals surface area (Å²) in [6, 6.07) is 79.3. The Morgan fingerprint density at radius 2 is 0.639 bits per heavy atom. The van der Waals surface area contributed by atoms with Gasteiger partial charge in [-0.2, -0.15) is 0 Å². The predicted octanol–water partition coefficient (Wildman–Crippen LogP) is 18.9. The van der Waals surface area contributed by atoms with Crippen LogP contribution in [-0.2, 0) is 5.41 Å². The van der Waals surface area contributed by atoms with E-state index in [1.54, 1.807) is 0 Å². The van der Waals surface area contributed by atoms with Crippen molar-refractivity contribution in [1.29, 1.82) is 0 Å². The Morgan fingerprint density at radius 1 is 0.253 bits per heavy atom. The zero-order valence-corrected chi connectivity index (χ0v) is 47.1. The molecule has 15 rings (SSSR count). The summed E-state index contributed by atoms with van der Waals surface area (Å²) < 4.78 is 0. The first kappa shape index (κ1) is 49.7. The molecule has 0 N–H and O–H groups in total. The summed E-state index contributed by atoms with van der Waals surface area (Å²) in [4.78, 5) is 31.3. The second kappa shape index (κ2) is 19.5. The topological polar surface area (TPSA) is 77.3 Å². The molecule has 0 saturated heterocycles. The highest BCUT2D eigenvalue weighted by molar-refractivity contribution is 6.11. The number of fused-ring (bicyclic) bond motifs is 9. The molecule has 0 unspecified atom stereocenters. The van der Waals surface area contributed by atoms with Gasteiger partial charge in [0, 0.05) is 67.6 Å². The molecule has 0 aliphatic heterocycles. The van der Waals surface area contributed by atoms with Gasteiger partial charge in [-0.15, -0.1) is 0 Å². The van der Waals surface area contributed by atoms with Crippen LogP contribution in [0.3, 0.4) is 0 Å². The minimum atomic E-state index is -0.826. The van der Waals surface area contributed by atoms with E-state index >= 15 is 0 Å². The molecular formula is C77H56N6. The monoisotopic (exact) mass is 1060 g/mol. The number of hydrogen-bond donors (Lipinski definition) is 0. The molecule has 394 valence electrons. The van der Waals surface area contributed by atoms with Crippen molar-refractivity contribution in [2.45, 2.75) is 47.0 Å². The van der Waals surface area contributed by atoms with Crippen LogP contribution in [0.1, 0.15) is 55.9 Å². The number of hydrogen-bond acceptors (Lipinski definition) is 6. The Balaban J connectivity index is 0.996. The van der Waals surface area contributed by atoms with Gasteiger partial charge in [0.25, 0.3) is 0 Å². The van der Waals surface area contributed by atoms with Gasteiger partial charge in [-0.1, -0.05) is 146 Å². The van der Waals surface area contributed by atoms with Gasteiger partial charge in [0.2, 0.25) is 0 Å². The summed E-state index contributed by atoms with van der Waals surface area (Å²) in [7, 11) is 0. The number of rotatable bonds is 8. The van der Waals surface area contributed by atoms with Crippen molar-refractivity contribution in [3.63, 3.8) is 0 Å². The van der Waals surface area contributed by atoms with Crippen molar-refractivity contribution in [1.82, 2.24) is 29.9 Å². The van der Waals surface area contributed by atoms with Crippen LogP contribution in [0.15, 0.2) is 231 Å². The minimum absolute atomic E-state index is 0.826. The van der Waals surface area contributed by atoms with E-state index in [0.717, 1.165) is 133 Å². The number of aromatic nitrogens is 6. The Hall–Kier alpha value is -10.3. The molecule has 0 fully saturated rings. The maximum atomic E-state index is 5.58. The third kappa shape index (κ3) is 8.07. The highest BCUT2D eigenvalue weighted by Gasteiger charge is 2.48. The summed E-state index contributed by atoms with van der Waals surface area (Å²) in [5.41, 5.74) is 28.8. The van der Waals surface area contributed by atoms with Gasteiger partial charge in [-0.05, 0) is 192 Å². The second-order valence-corrected chi connectivity index (χ2v) is 22.5. The van der Waals surface area contributed by atoms with E-state index in [2.05, 4.69) is 248 Å². The standard InChI is InChI=1S/C77H56N6/c1-45-37-49(5)80-73-57(45)29-31-61-63(51-17-9-7-10-18-51)43-71(82-75(61)73)53-25-33-65(47(3)39-53)77(67-41-55(69-21-13-15-35-78-69)23-27-59(67)60-28-24-56(42-68(60)77)70-22-14-16-36-79-70)66-34-26-54(40-48(66)4)72-44-64(52-19-11-8-12-20-52)62-32-30-58-46(2)38-50(6)81-74(58)76(62)83-72/h7-44H,1-6H3. The van der Waals surface area contributed by atoms with E-state index in [1.165, 1.54) is 44.5 Å². The SMILES string of the molecule is Cc1cc(C)c2ccc3c(-c4ccccc4)cc(-c4ccc(C5(c6ccc(-c7cc(-c8ccccc8)c8ccc9c(C)cc(C)nc9c8n7)cc6C)c6cc(-c7ccccn7)ccc6-c6ccc(-c7ccccn7)cc65)c(C)c4)nc3c2n1. The fraction of sp³-hybridized carbons (Fsp3) is 0.0909. The fourth-order valence-corrected chi connectivity index (χ4v) is 13.5. The number of nitrogens with zero attached hydrogens (tertiary/aromatic N) is 6. The van der Waals surface area contributed by atoms with Crippen molar-refractivity contribution >= 4 is 43.6 Å². The molecule has 0 atom stereocenters. The number of aryl methyl sites for hydroxylation is 6. The van der Waals surface area contributed by atoms with Crippen molar-refractivity contribution in [2.24, 2.45) is 0 Å². The molecule has 0 spiro atoms. The lowest BCUT2D eigenvalue weighted by Crippen LogP contribution is -2.30. The third-order valence-corrected chi connectivity index (χ3v) is 17.3. The average Bonchev–Trinajstić information content (AvgIpc) is 1.75.